The van der Waals surface area contributed by atoms with E-state index >= 15 is 0 Å². The number of rotatable bonds is 7. The summed E-state index contributed by atoms with van der Waals surface area (Å²) in [4.78, 5) is 0.291. The van der Waals surface area contributed by atoms with Crippen LogP contribution < -0.4 is 5.32 Å². The van der Waals surface area contributed by atoms with Crippen LogP contribution in [0.1, 0.15) is 13.3 Å². The summed E-state index contributed by atoms with van der Waals surface area (Å²) in [5.41, 5.74) is 0.665. The maximum absolute atomic E-state index is 11.8. The number of benzene rings is 1. The summed E-state index contributed by atoms with van der Waals surface area (Å²) in [6, 6.07) is 5.86. The molecule has 1 rings (SSSR count). The number of sulfone groups is 1. The Balaban J connectivity index is 2.80. The fraction of sp³-hybridized carbons (Fsp3) is 0.500. The van der Waals surface area contributed by atoms with Crippen LogP contribution in [0.25, 0.3) is 0 Å². The normalized spacial score (nSPS) is 11.8. The molecule has 102 valence electrons. The van der Waals surface area contributed by atoms with Crippen LogP contribution in [0.15, 0.2) is 29.2 Å². The first-order valence-corrected chi connectivity index (χ1v) is 7.49. The van der Waals surface area contributed by atoms with E-state index < -0.39 is 15.9 Å². The average molecular weight is 273 g/mol. The molecule has 3 N–H and O–H groups in total. The largest absolute Gasteiger partial charge is 0.394 e. The molecule has 0 radical (unpaired) electrons. The van der Waals surface area contributed by atoms with Gasteiger partial charge in [-0.25, -0.2) is 8.42 Å². The molecule has 5 nitrogen and oxygen atoms in total. The van der Waals surface area contributed by atoms with Gasteiger partial charge in [0.25, 0.3) is 0 Å². The van der Waals surface area contributed by atoms with Crippen molar-refractivity contribution in [3.63, 3.8) is 0 Å². The Labute approximate surface area is 107 Å². The lowest BCUT2D eigenvalue weighted by molar-refractivity contribution is 0.204. The Morgan fingerprint density at radius 1 is 1.17 bits per heavy atom. The second-order valence-corrected chi connectivity index (χ2v) is 6.16. The number of hydrogen-bond acceptors (Lipinski definition) is 5. The van der Waals surface area contributed by atoms with Crippen LogP contribution in [0.4, 0.5) is 5.69 Å². The van der Waals surface area contributed by atoms with Crippen molar-refractivity contribution in [2.24, 2.45) is 0 Å². The van der Waals surface area contributed by atoms with E-state index in [1.165, 1.54) is 12.1 Å². The van der Waals surface area contributed by atoms with Gasteiger partial charge in [0.15, 0.2) is 9.84 Å². The minimum absolute atomic E-state index is 0.135. The predicted molar refractivity (Wildman–Crippen MR) is 70.4 cm³/mol. The summed E-state index contributed by atoms with van der Waals surface area (Å²) < 4.78 is 23.6. The van der Waals surface area contributed by atoms with Crippen molar-refractivity contribution >= 4 is 15.5 Å². The van der Waals surface area contributed by atoms with Crippen molar-refractivity contribution < 1.29 is 18.6 Å². The average Bonchev–Trinajstić information content (AvgIpc) is 2.36. The van der Waals surface area contributed by atoms with E-state index in [1.54, 1.807) is 12.1 Å². The number of nitrogens with one attached hydrogen (secondary N) is 1. The van der Waals surface area contributed by atoms with Gasteiger partial charge in [0.05, 0.1) is 29.9 Å². The highest BCUT2D eigenvalue weighted by Gasteiger charge is 2.13. The van der Waals surface area contributed by atoms with Gasteiger partial charge in [0.1, 0.15) is 0 Å². The van der Waals surface area contributed by atoms with E-state index in [4.69, 9.17) is 10.2 Å². The van der Waals surface area contributed by atoms with Gasteiger partial charge in [-0.2, -0.15) is 0 Å². The molecule has 0 atom stereocenters. The number of aliphatic hydroxyl groups excluding tert-OH is 2. The minimum Gasteiger partial charge on any atom is -0.394 e. The first kappa shape index (κ1) is 14.9. The molecule has 1 aromatic carbocycles. The van der Waals surface area contributed by atoms with Gasteiger partial charge in [0.2, 0.25) is 0 Å². The van der Waals surface area contributed by atoms with Crippen molar-refractivity contribution in [3.8, 4) is 0 Å². The van der Waals surface area contributed by atoms with E-state index in [0.29, 0.717) is 17.0 Å². The third kappa shape index (κ3) is 3.97. The van der Waals surface area contributed by atoms with Crippen molar-refractivity contribution in [3.05, 3.63) is 24.3 Å². The van der Waals surface area contributed by atoms with Crippen LogP contribution in [0, 0.1) is 0 Å². The molecular formula is C12H19NO4S. The molecule has 0 bridgehead atoms. The lowest BCUT2D eigenvalue weighted by Gasteiger charge is -2.15. The molecule has 0 aliphatic carbocycles. The number of hydrogen-bond donors (Lipinski definition) is 3. The first-order chi connectivity index (χ1) is 8.53. The molecule has 0 aromatic heterocycles. The summed E-state index contributed by atoms with van der Waals surface area (Å²) >= 11 is 0. The fourth-order valence-corrected chi connectivity index (χ4v) is 2.85. The lowest BCUT2D eigenvalue weighted by atomic mass is 10.2. The SMILES string of the molecule is CCCS(=O)(=O)c1ccc(NC(CO)CO)cc1. The molecule has 0 heterocycles. The highest BCUT2D eigenvalue weighted by molar-refractivity contribution is 7.91. The Morgan fingerprint density at radius 2 is 1.72 bits per heavy atom. The highest BCUT2D eigenvalue weighted by Crippen LogP contribution is 2.16. The number of anilines is 1. The minimum atomic E-state index is -3.19. The van der Waals surface area contributed by atoms with Gasteiger partial charge in [-0.3, -0.25) is 0 Å². The van der Waals surface area contributed by atoms with Crippen LogP contribution >= 0.6 is 0 Å². The topological polar surface area (TPSA) is 86.6 Å². The Hall–Kier alpha value is -1.11. The van der Waals surface area contributed by atoms with Gasteiger partial charge < -0.3 is 15.5 Å². The highest BCUT2D eigenvalue weighted by atomic mass is 32.2. The Kier molecular flexibility index (Phi) is 5.58. The molecule has 18 heavy (non-hydrogen) atoms. The molecule has 0 saturated heterocycles. The zero-order chi connectivity index (χ0) is 13.6. The maximum atomic E-state index is 11.8. The Bertz CT molecular complexity index is 451. The van der Waals surface area contributed by atoms with Gasteiger partial charge in [-0.15, -0.1) is 0 Å². The van der Waals surface area contributed by atoms with E-state index in [-0.39, 0.29) is 19.0 Å². The quantitative estimate of drug-likeness (QED) is 0.678. The van der Waals surface area contributed by atoms with Crippen LogP contribution in [0.5, 0.6) is 0 Å². The molecule has 0 spiro atoms. The molecule has 0 fully saturated rings. The predicted octanol–water partition coefficient (Wildman–Crippen LogP) is 0.635. The van der Waals surface area contributed by atoms with E-state index in [2.05, 4.69) is 5.32 Å². The second-order valence-electron chi connectivity index (χ2n) is 4.05. The molecular weight excluding hydrogens is 254 g/mol. The monoisotopic (exact) mass is 273 g/mol. The van der Waals surface area contributed by atoms with Crippen LogP contribution in [0.3, 0.4) is 0 Å². The molecule has 0 unspecified atom stereocenters. The van der Waals surface area contributed by atoms with E-state index in [1.807, 2.05) is 6.92 Å². The molecule has 0 aliphatic rings. The van der Waals surface area contributed by atoms with Crippen molar-refractivity contribution in [1.82, 2.24) is 0 Å². The third-order valence-corrected chi connectivity index (χ3v) is 4.43. The molecule has 0 saturated carbocycles. The van der Waals surface area contributed by atoms with Gasteiger partial charge in [-0.1, -0.05) is 6.92 Å². The summed E-state index contributed by atoms with van der Waals surface area (Å²) in [6.07, 6.45) is 0.583. The molecule has 0 amide bonds. The number of aliphatic hydroxyl groups is 2. The van der Waals surface area contributed by atoms with Crippen molar-refractivity contribution in [2.45, 2.75) is 24.3 Å². The zero-order valence-electron chi connectivity index (χ0n) is 10.3. The molecule has 6 heteroatoms. The van der Waals surface area contributed by atoms with Gasteiger partial charge >= 0.3 is 0 Å². The zero-order valence-corrected chi connectivity index (χ0v) is 11.2. The Morgan fingerprint density at radius 3 is 2.17 bits per heavy atom. The molecule has 1 aromatic rings. The van der Waals surface area contributed by atoms with Gasteiger partial charge in [0, 0.05) is 5.69 Å². The second kappa shape index (κ2) is 6.72. The van der Waals surface area contributed by atoms with Gasteiger partial charge in [-0.05, 0) is 30.7 Å². The van der Waals surface area contributed by atoms with Crippen molar-refractivity contribution in [2.75, 3.05) is 24.3 Å². The first-order valence-electron chi connectivity index (χ1n) is 5.84. The van der Waals surface area contributed by atoms with E-state index in [0.717, 1.165) is 0 Å². The fourth-order valence-electron chi connectivity index (χ4n) is 1.53. The summed E-state index contributed by atoms with van der Waals surface area (Å²) in [7, 11) is -3.19. The summed E-state index contributed by atoms with van der Waals surface area (Å²) in [6.45, 7) is 1.44. The van der Waals surface area contributed by atoms with Crippen LogP contribution in [0.2, 0.25) is 0 Å². The third-order valence-electron chi connectivity index (χ3n) is 2.50. The van der Waals surface area contributed by atoms with Crippen LogP contribution in [-0.4, -0.2) is 43.6 Å². The smallest absolute Gasteiger partial charge is 0.178 e. The van der Waals surface area contributed by atoms with E-state index in [9.17, 15) is 8.42 Å². The lowest BCUT2D eigenvalue weighted by Crippen LogP contribution is -2.27. The maximum Gasteiger partial charge on any atom is 0.178 e. The van der Waals surface area contributed by atoms with Crippen LogP contribution in [-0.2, 0) is 9.84 Å². The molecule has 0 aliphatic heterocycles. The van der Waals surface area contributed by atoms with Crippen molar-refractivity contribution in [1.29, 1.82) is 0 Å². The summed E-state index contributed by atoms with van der Waals surface area (Å²) in [5.74, 6) is 0.135. The standard InChI is InChI=1S/C12H19NO4S/c1-2-7-18(16,17)12-5-3-10(4-6-12)13-11(8-14)9-15/h3-6,11,13-15H,2,7-9H2,1H3. The summed E-state index contributed by atoms with van der Waals surface area (Å²) in [5, 5.41) is 20.7.